The number of hydrogen-bond acceptors (Lipinski definition) is 7. The number of ketones is 1. The minimum absolute atomic E-state index is 0.00218. The monoisotopic (exact) mass is 389 g/mol. The number of nitrogens with zero attached hydrogens (tertiary/aromatic N) is 3. The number of aromatic nitrogens is 2. The number of rotatable bonds is 5. The average molecular weight is 389 g/mol. The first-order chi connectivity index (χ1) is 12.8. The van der Waals surface area contributed by atoms with E-state index in [9.17, 15) is 13.2 Å². The lowest BCUT2D eigenvalue weighted by Gasteiger charge is -2.32. The number of nitrogens with one attached hydrogen (secondary N) is 1. The number of carbonyl (C=O) groups is 1. The molecule has 1 aromatic heterocycles. The zero-order valence-electron chi connectivity index (χ0n) is 15.3. The Bertz CT molecular complexity index is 938. The van der Waals surface area contributed by atoms with E-state index in [1.807, 2.05) is 19.1 Å². The third-order valence-electron chi connectivity index (χ3n) is 4.56. The highest BCUT2D eigenvalue weighted by Gasteiger charge is 2.31. The Morgan fingerprint density at radius 3 is 2.41 bits per heavy atom. The first-order valence-electron chi connectivity index (χ1n) is 8.71. The van der Waals surface area contributed by atoms with Crippen LogP contribution in [0.4, 0.5) is 11.8 Å². The molecule has 8 nitrogen and oxygen atoms in total. The zero-order valence-corrected chi connectivity index (χ0v) is 16.2. The Kier molecular flexibility index (Phi) is 5.43. The van der Waals surface area contributed by atoms with Gasteiger partial charge in [0.15, 0.2) is 5.78 Å². The molecule has 2 aromatic rings. The number of benzene rings is 1. The van der Waals surface area contributed by atoms with Gasteiger partial charge in [-0.15, -0.1) is 0 Å². The van der Waals surface area contributed by atoms with E-state index >= 15 is 0 Å². The van der Waals surface area contributed by atoms with Crippen LogP contribution in [0.3, 0.4) is 0 Å². The number of anilines is 2. The highest BCUT2D eigenvalue weighted by Crippen LogP contribution is 2.24. The highest BCUT2D eigenvalue weighted by atomic mass is 32.2. The van der Waals surface area contributed by atoms with Crippen LogP contribution in [0.2, 0.25) is 0 Å². The first kappa shape index (κ1) is 19.2. The van der Waals surface area contributed by atoms with E-state index in [4.69, 9.17) is 5.73 Å². The lowest BCUT2D eigenvalue weighted by Crippen LogP contribution is -2.46. The van der Waals surface area contributed by atoms with Crippen LogP contribution in [-0.2, 0) is 10.0 Å². The molecule has 27 heavy (non-hydrogen) atoms. The molecule has 0 radical (unpaired) electrons. The van der Waals surface area contributed by atoms with Crippen LogP contribution in [0.1, 0.15) is 34.3 Å². The Morgan fingerprint density at radius 2 is 1.85 bits per heavy atom. The molecular weight excluding hydrogens is 366 g/mol. The molecule has 0 saturated carbocycles. The van der Waals surface area contributed by atoms with Gasteiger partial charge in [-0.1, -0.05) is 29.8 Å². The molecule has 0 bridgehead atoms. The number of carbonyl (C=O) groups excluding carboxylic acids is 1. The first-order valence-corrected chi connectivity index (χ1v) is 10.6. The van der Waals surface area contributed by atoms with Crippen LogP contribution < -0.4 is 15.4 Å². The summed E-state index contributed by atoms with van der Waals surface area (Å²) in [6.45, 7) is 3.37. The van der Waals surface area contributed by atoms with Crippen molar-refractivity contribution >= 4 is 27.6 Å². The van der Waals surface area contributed by atoms with E-state index in [0.717, 1.165) is 24.9 Å². The maximum atomic E-state index is 12.7. The van der Waals surface area contributed by atoms with Crippen molar-refractivity contribution in [1.29, 1.82) is 0 Å². The molecule has 1 aromatic carbocycles. The lowest BCUT2D eigenvalue weighted by atomic mass is 10.0. The molecular formula is C18H23N5O3S. The molecule has 1 aliphatic rings. The van der Waals surface area contributed by atoms with Gasteiger partial charge in [-0.05, 0) is 32.9 Å². The summed E-state index contributed by atoms with van der Waals surface area (Å²) in [7, 11) is -3.58. The fourth-order valence-corrected chi connectivity index (χ4v) is 4.29. The Morgan fingerprint density at radius 1 is 1.22 bits per heavy atom. The molecule has 1 fully saturated rings. The minimum Gasteiger partial charge on any atom is -0.383 e. The van der Waals surface area contributed by atoms with E-state index in [-0.39, 0.29) is 29.2 Å². The SMILES string of the molecule is Cc1ccc(C(=O)c2cnc(N(C3CCNCC3)S(C)(=O)=O)nc2N)cc1. The second-order valence-electron chi connectivity index (χ2n) is 6.70. The van der Waals surface area contributed by atoms with Crippen molar-refractivity contribution in [3.8, 4) is 0 Å². The number of sulfonamides is 1. The number of aryl methyl sites for hydroxylation is 1. The third kappa shape index (κ3) is 4.25. The molecule has 0 spiro atoms. The van der Waals surface area contributed by atoms with Crippen LogP contribution in [0.15, 0.2) is 30.5 Å². The molecule has 144 valence electrons. The number of nitrogen functional groups attached to an aromatic ring is 1. The molecule has 1 saturated heterocycles. The second-order valence-corrected chi connectivity index (χ2v) is 8.56. The lowest BCUT2D eigenvalue weighted by molar-refractivity contribution is 0.103. The topological polar surface area (TPSA) is 118 Å². The zero-order chi connectivity index (χ0) is 19.6. The Hall–Kier alpha value is -2.52. The number of hydrogen-bond donors (Lipinski definition) is 2. The Labute approximate surface area is 158 Å². The third-order valence-corrected chi connectivity index (χ3v) is 5.73. The molecule has 9 heteroatoms. The van der Waals surface area contributed by atoms with Gasteiger partial charge in [-0.25, -0.2) is 17.7 Å². The van der Waals surface area contributed by atoms with Crippen LogP contribution in [-0.4, -0.2) is 49.6 Å². The predicted octanol–water partition coefficient (Wildman–Crippen LogP) is 1.12. The fourth-order valence-electron chi connectivity index (χ4n) is 3.15. The van der Waals surface area contributed by atoms with Gasteiger partial charge >= 0.3 is 0 Å². The molecule has 0 unspecified atom stereocenters. The molecule has 1 aliphatic heterocycles. The van der Waals surface area contributed by atoms with Crippen LogP contribution in [0.25, 0.3) is 0 Å². The maximum absolute atomic E-state index is 12.7. The van der Waals surface area contributed by atoms with Crippen molar-refractivity contribution in [2.24, 2.45) is 0 Å². The molecule has 0 aliphatic carbocycles. The summed E-state index contributed by atoms with van der Waals surface area (Å²) in [4.78, 5) is 21.0. The van der Waals surface area contributed by atoms with Crippen LogP contribution in [0.5, 0.6) is 0 Å². The summed E-state index contributed by atoms with van der Waals surface area (Å²) >= 11 is 0. The van der Waals surface area contributed by atoms with E-state index in [1.54, 1.807) is 12.1 Å². The molecule has 2 heterocycles. The van der Waals surface area contributed by atoms with E-state index in [0.29, 0.717) is 18.4 Å². The summed E-state index contributed by atoms with van der Waals surface area (Å²) in [6.07, 6.45) is 3.74. The summed E-state index contributed by atoms with van der Waals surface area (Å²) in [5.74, 6) is -0.331. The van der Waals surface area contributed by atoms with Gasteiger partial charge in [-0.2, -0.15) is 4.98 Å². The average Bonchev–Trinajstić information content (AvgIpc) is 2.62. The van der Waals surface area contributed by atoms with Crippen molar-refractivity contribution in [1.82, 2.24) is 15.3 Å². The predicted molar refractivity (Wildman–Crippen MR) is 104 cm³/mol. The van der Waals surface area contributed by atoms with Crippen molar-refractivity contribution in [2.45, 2.75) is 25.8 Å². The highest BCUT2D eigenvalue weighted by molar-refractivity contribution is 7.92. The summed E-state index contributed by atoms with van der Waals surface area (Å²) in [5.41, 5.74) is 7.66. The van der Waals surface area contributed by atoms with Gasteiger partial charge in [0.1, 0.15) is 5.82 Å². The second kappa shape index (κ2) is 7.61. The van der Waals surface area contributed by atoms with E-state index in [2.05, 4.69) is 15.3 Å². The molecule has 3 N–H and O–H groups in total. The fraction of sp³-hybridized carbons (Fsp3) is 0.389. The van der Waals surface area contributed by atoms with E-state index < -0.39 is 10.0 Å². The van der Waals surface area contributed by atoms with Gasteiger partial charge in [0, 0.05) is 11.8 Å². The van der Waals surface area contributed by atoms with Crippen molar-refractivity contribution in [2.75, 3.05) is 29.4 Å². The largest absolute Gasteiger partial charge is 0.383 e. The van der Waals surface area contributed by atoms with Gasteiger partial charge in [-0.3, -0.25) is 4.79 Å². The van der Waals surface area contributed by atoms with Gasteiger partial charge in [0.05, 0.1) is 17.9 Å². The van der Waals surface area contributed by atoms with Gasteiger partial charge in [0.25, 0.3) is 0 Å². The number of nitrogens with two attached hydrogens (primary N) is 1. The van der Waals surface area contributed by atoms with Crippen LogP contribution in [0, 0.1) is 6.92 Å². The molecule has 3 rings (SSSR count). The summed E-state index contributed by atoms with van der Waals surface area (Å²) in [5, 5.41) is 3.20. The smallest absolute Gasteiger partial charge is 0.241 e. The van der Waals surface area contributed by atoms with Crippen LogP contribution >= 0.6 is 0 Å². The maximum Gasteiger partial charge on any atom is 0.241 e. The van der Waals surface area contributed by atoms with E-state index in [1.165, 1.54) is 10.5 Å². The van der Waals surface area contributed by atoms with Crippen molar-refractivity contribution in [3.63, 3.8) is 0 Å². The molecule has 0 atom stereocenters. The summed E-state index contributed by atoms with van der Waals surface area (Å²) < 4.78 is 25.9. The standard InChI is InChI=1S/C18H23N5O3S/c1-12-3-5-13(6-4-12)16(24)15-11-21-18(22-17(15)19)23(27(2,25)26)14-7-9-20-10-8-14/h3-6,11,14,20H,7-10H2,1-2H3,(H2,19,21,22). The van der Waals surface area contributed by atoms with Crippen molar-refractivity contribution < 1.29 is 13.2 Å². The number of piperidine rings is 1. The van der Waals surface area contributed by atoms with Crippen molar-refractivity contribution in [3.05, 3.63) is 47.2 Å². The normalized spacial score (nSPS) is 15.5. The summed E-state index contributed by atoms with van der Waals surface area (Å²) in [6, 6.07) is 6.85. The quantitative estimate of drug-likeness (QED) is 0.736. The minimum atomic E-state index is -3.58. The van der Waals surface area contributed by atoms with Gasteiger partial charge < -0.3 is 11.1 Å². The van der Waals surface area contributed by atoms with Gasteiger partial charge in [0.2, 0.25) is 16.0 Å². The Balaban J connectivity index is 1.94. The molecule has 0 amide bonds.